The van der Waals surface area contributed by atoms with Gasteiger partial charge in [0, 0.05) is 12.1 Å². The molecule has 0 radical (unpaired) electrons. The number of aldehydes is 1. The maximum absolute atomic E-state index is 13.0. The van der Waals surface area contributed by atoms with E-state index in [1.54, 1.807) is 13.0 Å². The number of aromatic nitrogens is 2. The van der Waals surface area contributed by atoms with E-state index in [0.29, 0.717) is 17.6 Å². The van der Waals surface area contributed by atoms with Crippen molar-refractivity contribution in [1.29, 1.82) is 0 Å². The molecule has 2 heterocycles. The van der Waals surface area contributed by atoms with E-state index in [2.05, 4.69) is 4.98 Å². The first-order chi connectivity index (χ1) is 10.8. The molecular formula is C16H13F3N2O2. The molecule has 0 aliphatic rings. The van der Waals surface area contributed by atoms with Crippen LogP contribution in [0.2, 0.25) is 0 Å². The highest BCUT2D eigenvalue weighted by Crippen LogP contribution is 2.31. The quantitative estimate of drug-likeness (QED) is 0.753. The monoisotopic (exact) mass is 322 g/mol. The van der Waals surface area contributed by atoms with Crippen LogP contribution in [0.5, 0.6) is 0 Å². The maximum atomic E-state index is 13.0. The number of alkyl halides is 3. The number of aryl methyl sites for hydroxylation is 2. The van der Waals surface area contributed by atoms with Crippen LogP contribution in [-0.2, 0) is 17.4 Å². The van der Waals surface area contributed by atoms with Crippen molar-refractivity contribution in [3.63, 3.8) is 0 Å². The Kier molecular flexibility index (Phi) is 3.50. The summed E-state index contributed by atoms with van der Waals surface area (Å²) in [7, 11) is 0. The highest BCUT2D eigenvalue weighted by Gasteiger charge is 2.31. The molecule has 3 aromatic rings. The summed E-state index contributed by atoms with van der Waals surface area (Å²) in [5, 5.41) is 0. The van der Waals surface area contributed by atoms with E-state index >= 15 is 0 Å². The minimum Gasteiger partial charge on any atom is -0.319 e. The summed E-state index contributed by atoms with van der Waals surface area (Å²) in [4.78, 5) is 25.4. The topological polar surface area (TPSA) is 54.3 Å². The standard InChI is InChI=1S/C16H13F3N2O2/c1-9-7-14-15(23)20-11-5-4-10(16(17,18)19)8-13(11)21(14)12(9)3-2-6-22/h4-8H,2-3H2,1H3,(H,20,23). The molecule has 3 rings (SSSR count). The number of halogens is 3. The van der Waals surface area contributed by atoms with E-state index in [1.165, 1.54) is 10.5 Å². The van der Waals surface area contributed by atoms with Crippen LogP contribution in [0.15, 0.2) is 29.1 Å². The van der Waals surface area contributed by atoms with Gasteiger partial charge in [-0.2, -0.15) is 13.2 Å². The Morgan fingerprint density at radius 1 is 1.22 bits per heavy atom. The van der Waals surface area contributed by atoms with E-state index in [-0.39, 0.29) is 23.0 Å². The molecule has 0 atom stereocenters. The Labute approximate surface area is 128 Å². The SMILES string of the molecule is Cc1cc2c(=O)[nH]c3ccc(C(F)(F)F)cc3n2c1CCC=O. The highest BCUT2D eigenvalue weighted by molar-refractivity contribution is 5.80. The molecule has 0 bridgehead atoms. The number of carbonyl (C=O) groups is 1. The van der Waals surface area contributed by atoms with Crippen molar-refractivity contribution in [3.8, 4) is 0 Å². The average Bonchev–Trinajstić information content (AvgIpc) is 2.81. The molecule has 120 valence electrons. The van der Waals surface area contributed by atoms with E-state index in [0.717, 1.165) is 24.0 Å². The van der Waals surface area contributed by atoms with Crippen molar-refractivity contribution in [2.24, 2.45) is 0 Å². The Hall–Kier alpha value is -2.57. The number of hydrogen-bond donors (Lipinski definition) is 1. The Morgan fingerprint density at radius 3 is 2.61 bits per heavy atom. The number of carbonyl (C=O) groups excluding carboxylic acids is 1. The predicted molar refractivity (Wildman–Crippen MR) is 79.6 cm³/mol. The normalized spacial score (nSPS) is 12.2. The molecule has 1 aromatic carbocycles. The Balaban J connectivity index is 2.42. The number of hydrogen-bond acceptors (Lipinski definition) is 2. The van der Waals surface area contributed by atoms with Gasteiger partial charge < -0.3 is 14.2 Å². The average molecular weight is 322 g/mol. The number of rotatable bonds is 3. The molecule has 0 unspecified atom stereocenters. The lowest BCUT2D eigenvalue weighted by molar-refractivity contribution is -0.137. The van der Waals surface area contributed by atoms with Crippen molar-refractivity contribution in [1.82, 2.24) is 9.38 Å². The fourth-order valence-corrected chi connectivity index (χ4v) is 2.81. The molecular weight excluding hydrogens is 309 g/mol. The van der Waals surface area contributed by atoms with Crippen LogP contribution in [0, 0.1) is 6.92 Å². The van der Waals surface area contributed by atoms with E-state index in [4.69, 9.17) is 0 Å². The van der Waals surface area contributed by atoms with Crippen LogP contribution in [0.1, 0.15) is 23.2 Å². The minimum atomic E-state index is -4.47. The zero-order valence-corrected chi connectivity index (χ0v) is 12.2. The minimum absolute atomic E-state index is 0.236. The zero-order chi connectivity index (χ0) is 16.8. The third kappa shape index (κ3) is 2.52. The molecule has 4 nitrogen and oxygen atoms in total. The van der Waals surface area contributed by atoms with Gasteiger partial charge in [0.05, 0.1) is 16.6 Å². The van der Waals surface area contributed by atoms with Crippen LogP contribution in [0.3, 0.4) is 0 Å². The molecule has 0 amide bonds. The largest absolute Gasteiger partial charge is 0.416 e. The fourth-order valence-electron chi connectivity index (χ4n) is 2.81. The van der Waals surface area contributed by atoms with Gasteiger partial charge in [0.15, 0.2) is 0 Å². The van der Waals surface area contributed by atoms with Crippen LogP contribution in [0.4, 0.5) is 13.2 Å². The summed E-state index contributed by atoms with van der Waals surface area (Å²) in [6, 6.07) is 4.82. The van der Waals surface area contributed by atoms with Gasteiger partial charge >= 0.3 is 6.18 Å². The number of nitrogens with zero attached hydrogens (tertiary/aromatic N) is 1. The molecule has 0 aliphatic carbocycles. The van der Waals surface area contributed by atoms with Crippen molar-refractivity contribution in [3.05, 3.63) is 51.4 Å². The fraction of sp³-hybridized carbons (Fsp3) is 0.250. The number of H-pyrrole nitrogens is 1. The smallest absolute Gasteiger partial charge is 0.319 e. The number of fused-ring (bicyclic) bond motifs is 3. The van der Waals surface area contributed by atoms with Gasteiger partial charge in [0.1, 0.15) is 11.8 Å². The summed E-state index contributed by atoms with van der Waals surface area (Å²) >= 11 is 0. The van der Waals surface area contributed by atoms with Gasteiger partial charge in [0.25, 0.3) is 5.56 Å². The summed E-state index contributed by atoms with van der Waals surface area (Å²) in [5.41, 5.74) is 1.13. The molecule has 7 heteroatoms. The second-order valence-electron chi connectivity index (χ2n) is 5.38. The second-order valence-corrected chi connectivity index (χ2v) is 5.38. The molecule has 2 aromatic heterocycles. The summed E-state index contributed by atoms with van der Waals surface area (Å²) in [6.45, 7) is 1.77. The molecule has 1 N–H and O–H groups in total. The third-order valence-corrected chi connectivity index (χ3v) is 3.87. The van der Waals surface area contributed by atoms with E-state index in [1.807, 2.05) is 0 Å². The highest BCUT2D eigenvalue weighted by atomic mass is 19.4. The van der Waals surface area contributed by atoms with Crippen LogP contribution >= 0.6 is 0 Å². The first-order valence-corrected chi connectivity index (χ1v) is 7.00. The molecule has 0 spiro atoms. The van der Waals surface area contributed by atoms with E-state index < -0.39 is 11.7 Å². The van der Waals surface area contributed by atoms with Gasteiger partial charge in [0.2, 0.25) is 0 Å². The van der Waals surface area contributed by atoms with Crippen LogP contribution in [-0.4, -0.2) is 15.7 Å². The molecule has 0 fully saturated rings. The number of benzene rings is 1. The van der Waals surface area contributed by atoms with Crippen molar-refractivity contribution in [2.75, 3.05) is 0 Å². The first-order valence-electron chi connectivity index (χ1n) is 7.00. The van der Waals surface area contributed by atoms with Crippen LogP contribution in [0.25, 0.3) is 16.6 Å². The second kappa shape index (κ2) is 5.26. The van der Waals surface area contributed by atoms with Crippen molar-refractivity contribution >= 4 is 22.8 Å². The van der Waals surface area contributed by atoms with Gasteiger partial charge in [-0.15, -0.1) is 0 Å². The van der Waals surface area contributed by atoms with Gasteiger partial charge in [-0.3, -0.25) is 4.79 Å². The lowest BCUT2D eigenvalue weighted by Gasteiger charge is -2.11. The third-order valence-electron chi connectivity index (χ3n) is 3.87. The lowest BCUT2D eigenvalue weighted by Crippen LogP contribution is -2.12. The Bertz CT molecular complexity index is 967. The van der Waals surface area contributed by atoms with Gasteiger partial charge in [-0.1, -0.05) is 0 Å². The summed E-state index contributed by atoms with van der Waals surface area (Å²) < 4.78 is 40.4. The van der Waals surface area contributed by atoms with Gasteiger partial charge in [-0.25, -0.2) is 0 Å². The van der Waals surface area contributed by atoms with Gasteiger partial charge in [-0.05, 0) is 43.2 Å². The zero-order valence-electron chi connectivity index (χ0n) is 12.2. The molecule has 0 aliphatic heterocycles. The summed E-state index contributed by atoms with van der Waals surface area (Å²) in [6.07, 6.45) is -3.13. The Morgan fingerprint density at radius 2 is 1.96 bits per heavy atom. The number of nitrogens with one attached hydrogen (secondary N) is 1. The first kappa shape index (κ1) is 15.3. The predicted octanol–water partition coefficient (Wildman–Crippen LogP) is 3.24. The lowest BCUT2D eigenvalue weighted by atomic mass is 10.1. The van der Waals surface area contributed by atoms with Crippen molar-refractivity contribution < 1.29 is 18.0 Å². The molecule has 23 heavy (non-hydrogen) atoms. The van der Waals surface area contributed by atoms with Crippen LogP contribution < -0.4 is 5.56 Å². The molecule has 0 saturated heterocycles. The number of aromatic amines is 1. The maximum Gasteiger partial charge on any atom is 0.416 e. The van der Waals surface area contributed by atoms with E-state index in [9.17, 15) is 22.8 Å². The van der Waals surface area contributed by atoms with Crippen molar-refractivity contribution in [2.45, 2.75) is 25.9 Å². The summed E-state index contributed by atoms with van der Waals surface area (Å²) in [5.74, 6) is 0. The molecule has 0 saturated carbocycles.